The first-order valence-electron chi connectivity index (χ1n) is 19.4. The van der Waals surface area contributed by atoms with Crippen molar-refractivity contribution in [2.45, 2.75) is 115 Å². The number of hydrogen-bond donors (Lipinski definition) is 11. The lowest BCUT2D eigenvalue weighted by atomic mass is 9.99. The third kappa shape index (κ3) is 15.5. The molecule has 0 unspecified atom stereocenters. The number of carbonyl (C=O) groups is 10. The molecule has 22 heteroatoms. The molecular weight excluding hydrogens is 788 g/mol. The maximum Gasteiger partial charge on any atom is 0.246 e. The number of primary amides is 3. The number of nitrogens with two attached hydrogens (primary N) is 3. The molecule has 0 bridgehead atoms. The molecule has 0 saturated carbocycles. The van der Waals surface area contributed by atoms with Crippen LogP contribution in [0.3, 0.4) is 0 Å². The van der Waals surface area contributed by atoms with Gasteiger partial charge in [-0.25, -0.2) is 0 Å². The zero-order chi connectivity index (χ0) is 45.4. The number of carbonyl (C=O) groups excluding carboxylic acids is 10. The van der Waals surface area contributed by atoms with Crippen LogP contribution in [0.4, 0.5) is 0 Å². The third-order valence-electron chi connectivity index (χ3n) is 9.57. The van der Waals surface area contributed by atoms with Gasteiger partial charge in [0, 0.05) is 26.3 Å². The second-order valence-electron chi connectivity index (χ2n) is 15.2. The first kappa shape index (κ1) is 49.8. The largest absolute Gasteiger partial charge is 0.508 e. The van der Waals surface area contributed by atoms with Gasteiger partial charge in [-0.05, 0) is 48.8 Å². The fraction of sp³-hybridized carbons (Fsp3) is 0.579. The van der Waals surface area contributed by atoms with Crippen LogP contribution >= 0.6 is 0 Å². The number of aromatic hydroxyl groups is 1. The Kier molecular flexibility index (Phi) is 19.4. The van der Waals surface area contributed by atoms with Gasteiger partial charge in [-0.2, -0.15) is 0 Å². The molecule has 1 aromatic carbocycles. The van der Waals surface area contributed by atoms with Crippen molar-refractivity contribution in [1.29, 1.82) is 0 Å². The molecule has 1 saturated heterocycles. The number of rotatable bonds is 23. The molecule has 60 heavy (non-hydrogen) atoms. The van der Waals surface area contributed by atoms with E-state index in [2.05, 4.69) is 31.9 Å². The molecule has 0 radical (unpaired) electrons. The zero-order valence-corrected chi connectivity index (χ0v) is 34.3. The summed E-state index contributed by atoms with van der Waals surface area (Å²) in [7, 11) is 0. The van der Waals surface area contributed by atoms with Crippen LogP contribution in [0, 0.1) is 11.8 Å². The average Bonchev–Trinajstić information content (AvgIpc) is 3.66. The quantitative estimate of drug-likeness (QED) is 0.0500. The maximum atomic E-state index is 14.4. The molecule has 332 valence electrons. The molecular formula is C38H58N10O12. The molecule has 7 atom stereocenters. The molecule has 10 amide bonds. The molecule has 1 aromatic rings. The number of hydrogen-bond acceptors (Lipinski definition) is 12. The summed E-state index contributed by atoms with van der Waals surface area (Å²) in [5.41, 5.74) is 16.6. The third-order valence-corrected chi connectivity index (χ3v) is 9.57. The predicted octanol–water partition coefficient (Wildman–Crippen LogP) is -4.22. The summed E-state index contributed by atoms with van der Waals surface area (Å²) in [6, 6.07) is -3.91. The van der Waals surface area contributed by atoms with Crippen molar-refractivity contribution in [2.24, 2.45) is 29.0 Å². The summed E-state index contributed by atoms with van der Waals surface area (Å²) in [5, 5.41) is 34.0. The first-order valence-corrected chi connectivity index (χ1v) is 19.4. The van der Waals surface area contributed by atoms with E-state index in [1.807, 2.05) is 0 Å². The van der Waals surface area contributed by atoms with E-state index in [-0.39, 0.29) is 31.1 Å². The van der Waals surface area contributed by atoms with Gasteiger partial charge in [0.1, 0.15) is 48.0 Å². The number of phenols is 1. The number of nitrogens with one attached hydrogen (secondary N) is 6. The van der Waals surface area contributed by atoms with E-state index in [0.717, 1.165) is 6.92 Å². The van der Waals surface area contributed by atoms with Crippen LogP contribution in [0.15, 0.2) is 24.3 Å². The summed E-state index contributed by atoms with van der Waals surface area (Å²) in [4.78, 5) is 130. The van der Waals surface area contributed by atoms with E-state index in [4.69, 9.17) is 17.2 Å². The molecule has 0 aromatic heterocycles. The van der Waals surface area contributed by atoms with Crippen molar-refractivity contribution in [3.8, 4) is 5.75 Å². The highest BCUT2D eigenvalue weighted by atomic mass is 16.3. The smallest absolute Gasteiger partial charge is 0.246 e. The van der Waals surface area contributed by atoms with Crippen LogP contribution in [-0.2, 0) is 54.4 Å². The minimum atomic E-state index is -1.76. The minimum absolute atomic E-state index is 0.0600. The Morgan fingerprint density at radius 2 is 1.25 bits per heavy atom. The lowest BCUT2D eigenvalue weighted by molar-refractivity contribution is -0.143. The van der Waals surface area contributed by atoms with Gasteiger partial charge in [0.05, 0.1) is 13.0 Å². The summed E-state index contributed by atoms with van der Waals surface area (Å²) < 4.78 is 0. The number of aliphatic hydroxyl groups is 1. The monoisotopic (exact) mass is 846 g/mol. The second kappa shape index (κ2) is 23.3. The van der Waals surface area contributed by atoms with Gasteiger partial charge in [0.2, 0.25) is 59.1 Å². The Balaban J connectivity index is 2.43. The summed E-state index contributed by atoms with van der Waals surface area (Å²) in [5.74, 6) is -9.56. The lowest BCUT2D eigenvalue weighted by Crippen LogP contribution is -2.61. The van der Waals surface area contributed by atoms with Crippen molar-refractivity contribution in [3.05, 3.63) is 29.8 Å². The SMILES string of the molecule is CC(=O)N[C@H](CO)C(=O)N[C@H](CCC(N)=O)C(=O)N[C@H](CC(N)=O)C(=O)N[C@@H](Cc1ccc(O)cc1)C(=O)N1CCC[C@H]1C(=O)N[C@@H](C(=O)N[C@@H](C(N)=O)C(C)C)C(C)C. The average molecular weight is 847 g/mol. The Hall–Kier alpha value is -6.32. The van der Waals surface area contributed by atoms with Crippen molar-refractivity contribution < 1.29 is 58.2 Å². The minimum Gasteiger partial charge on any atom is -0.508 e. The first-order chi connectivity index (χ1) is 28.0. The van der Waals surface area contributed by atoms with Crippen molar-refractivity contribution >= 4 is 59.1 Å². The number of aliphatic hydroxyl groups excluding tert-OH is 1. The van der Waals surface area contributed by atoms with Crippen LogP contribution in [-0.4, -0.2) is 130 Å². The molecule has 1 aliphatic heterocycles. The van der Waals surface area contributed by atoms with Gasteiger partial charge in [-0.1, -0.05) is 39.8 Å². The van der Waals surface area contributed by atoms with Gasteiger partial charge in [0.25, 0.3) is 0 Å². The van der Waals surface area contributed by atoms with E-state index in [1.54, 1.807) is 27.7 Å². The Morgan fingerprint density at radius 1 is 0.700 bits per heavy atom. The predicted molar refractivity (Wildman–Crippen MR) is 212 cm³/mol. The van der Waals surface area contributed by atoms with Crippen LogP contribution in [0.25, 0.3) is 0 Å². The maximum absolute atomic E-state index is 14.4. The van der Waals surface area contributed by atoms with E-state index in [1.165, 1.54) is 29.2 Å². The molecule has 1 heterocycles. The van der Waals surface area contributed by atoms with Gasteiger partial charge in [-0.3, -0.25) is 47.9 Å². The van der Waals surface area contributed by atoms with E-state index >= 15 is 0 Å². The van der Waals surface area contributed by atoms with E-state index < -0.39 is 133 Å². The molecule has 1 aliphatic rings. The zero-order valence-electron chi connectivity index (χ0n) is 34.3. The highest BCUT2D eigenvalue weighted by Gasteiger charge is 2.41. The van der Waals surface area contributed by atoms with Gasteiger partial charge >= 0.3 is 0 Å². The Morgan fingerprint density at radius 3 is 1.77 bits per heavy atom. The molecule has 0 aliphatic carbocycles. The molecule has 22 nitrogen and oxygen atoms in total. The Labute approximate surface area is 346 Å². The highest BCUT2D eigenvalue weighted by Crippen LogP contribution is 2.21. The normalized spacial score (nSPS) is 16.6. The molecule has 2 rings (SSSR count). The van der Waals surface area contributed by atoms with Crippen LogP contribution in [0.1, 0.15) is 72.3 Å². The van der Waals surface area contributed by atoms with Gasteiger partial charge in [-0.15, -0.1) is 0 Å². The lowest BCUT2D eigenvalue weighted by Gasteiger charge is -2.32. The summed E-state index contributed by atoms with van der Waals surface area (Å²) in [6.45, 7) is 7.00. The van der Waals surface area contributed by atoms with Gasteiger partial charge < -0.3 is 64.2 Å². The van der Waals surface area contributed by atoms with Crippen LogP contribution < -0.4 is 49.1 Å². The molecule has 1 fully saturated rings. The van der Waals surface area contributed by atoms with Crippen molar-refractivity contribution in [1.82, 2.24) is 36.8 Å². The van der Waals surface area contributed by atoms with Crippen LogP contribution in [0.5, 0.6) is 5.75 Å². The second-order valence-corrected chi connectivity index (χ2v) is 15.2. The molecule has 14 N–H and O–H groups in total. The van der Waals surface area contributed by atoms with Crippen molar-refractivity contribution in [2.75, 3.05) is 13.2 Å². The number of amides is 10. The summed E-state index contributed by atoms with van der Waals surface area (Å²) >= 11 is 0. The highest BCUT2D eigenvalue weighted by molar-refractivity contribution is 5.99. The fourth-order valence-electron chi connectivity index (χ4n) is 6.39. The number of likely N-dealkylation sites (tertiary alicyclic amines) is 1. The standard InChI is InChI=1S/C38H58N10O12/c1-18(2)30(32(41)54)46-37(59)31(19(3)4)47-36(58)27-7-6-14-48(27)38(60)25(15-21-8-10-22(51)11-9-21)45-34(56)24(16-29(40)53)44-33(55)23(12-13-28(39)52)43-35(57)26(17-49)42-20(5)50/h8-11,18-19,23-27,30-31,49,51H,6-7,12-17H2,1-5H3,(H2,39,52)(H2,40,53)(H2,41,54)(H,42,50)(H,43,57)(H,44,55)(H,45,56)(H,46,59)(H,47,58)/t23-,24-,25+,26-,27+,30-,31-/m1/s1. The van der Waals surface area contributed by atoms with Gasteiger partial charge in [0.15, 0.2) is 0 Å². The van der Waals surface area contributed by atoms with Crippen LogP contribution in [0.2, 0.25) is 0 Å². The number of nitrogens with zero attached hydrogens (tertiary/aromatic N) is 1. The topological polar surface area (TPSA) is 365 Å². The summed E-state index contributed by atoms with van der Waals surface area (Å²) in [6.07, 6.45) is -1.32. The fourth-order valence-corrected chi connectivity index (χ4v) is 6.39. The van der Waals surface area contributed by atoms with Crippen molar-refractivity contribution in [3.63, 3.8) is 0 Å². The van der Waals surface area contributed by atoms with E-state index in [9.17, 15) is 58.2 Å². The molecule has 0 spiro atoms. The Bertz CT molecular complexity index is 1760. The number of phenolic OH excluding ortho intramolecular Hbond substituents is 1. The number of benzene rings is 1. The van der Waals surface area contributed by atoms with E-state index in [0.29, 0.717) is 12.0 Å².